The van der Waals surface area contributed by atoms with Crippen LogP contribution in [0.2, 0.25) is 0 Å². The molecule has 18 heavy (non-hydrogen) atoms. The minimum Gasteiger partial charge on any atom is -0.318 e. The lowest BCUT2D eigenvalue weighted by atomic mass is 9.91. The summed E-state index contributed by atoms with van der Waals surface area (Å²) in [5, 5.41) is 0. The van der Waals surface area contributed by atoms with Crippen molar-refractivity contribution in [2.24, 2.45) is 11.7 Å². The number of hydrogen-bond acceptors (Lipinski definition) is 3. The lowest BCUT2D eigenvalue weighted by Gasteiger charge is -2.25. The maximum absolute atomic E-state index is 12.0. The molecule has 102 valence electrons. The van der Waals surface area contributed by atoms with Crippen molar-refractivity contribution in [3.63, 3.8) is 0 Å². The predicted octanol–water partition coefficient (Wildman–Crippen LogP) is 3.16. The molecule has 3 N–H and O–H groups in total. The number of carbonyl (C=O) groups excluding carboxylic acids is 1. The molecule has 0 aliphatic rings. The highest BCUT2D eigenvalue weighted by molar-refractivity contribution is 8.01. The smallest absolute Gasteiger partial charge is 0.249 e. The molecule has 0 spiro atoms. The van der Waals surface area contributed by atoms with Gasteiger partial charge in [0.1, 0.15) is 0 Å². The van der Waals surface area contributed by atoms with Crippen LogP contribution >= 0.6 is 11.9 Å². The Labute approximate surface area is 115 Å². The van der Waals surface area contributed by atoms with Crippen LogP contribution in [0.4, 0.5) is 0 Å². The van der Waals surface area contributed by atoms with Crippen LogP contribution < -0.4 is 10.5 Å². The summed E-state index contributed by atoms with van der Waals surface area (Å²) in [7, 11) is 0. The van der Waals surface area contributed by atoms with E-state index < -0.39 is 5.54 Å². The summed E-state index contributed by atoms with van der Waals surface area (Å²) in [4.78, 5) is 12.9. The number of nitrogens with two attached hydrogens (primary N) is 1. The van der Waals surface area contributed by atoms with Crippen LogP contribution in [0.15, 0.2) is 35.8 Å². The van der Waals surface area contributed by atoms with Gasteiger partial charge in [0, 0.05) is 4.91 Å². The van der Waals surface area contributed by atoms with E-state index >= 15 is 0 Å². The van der Waals surface area contributed by atoms with Crippen molar-refractivity contribution in [2.45, 2.75) is 39.7 Å². The van der Waals surface area contributed by atoms with Gasteiger partial charge in [-0.2, -0.15) is 0 Å². The first-order valence-corrected chi connectivity index (χ1v) is 6.86. The zero-order valence-electron chi connectivity index (χ0n) is 11.7. The predicted molar refractivity (Wildman–Crippen MR) is 80.9 cm³/mol. The summed E-state index contributed by atoms with van der Waals surface area (Å²) in [6, 6.07) is 0. The SMILES string of the molecule is C=C/C=C(\C=C/C)SNC(=O)C(C)(N)CC(C)C. The molecule has 0 bridgehead atoms. The van der Waals surface area contributed by atoms with Gasteiger partial charge >= 0.3 is 0 Å². The second kappa shape index (κ2) is 8.16. The zero-order chi connectivity index (χ0) is 14.2. The normalized spacial score (nSPS) is 15.8. The van der Waals surface area contributed by atoms with Gasteiger partial charge < -0.3 is 5.73 Å². The fourth-order valence-electron chi connectivity index (χ4n) is 1.57. The van der Waals surface area contributed by atoms with Crippen LogP contribution in [0.25, 0.3) is 0 Å². The third-order valence-corrected chi connectivity index (χ3v) is 3.02. The molecule has 1 unspecified atom stereocenters. The summed E-state index contributed by atoms with van der Waals surface area (Å²) in [6.07, 6.45) is 7.99. The van der Waals surface area contributed by atoms with Crippen molar-refractivity contribution in [1.82, 2.24) is 4.72 Å². The van der Waals surface area contributed by atoms with E-state index in [4.69, 9.17) is 5.73 Å². The van der Waals surface area contributed by atoms with Crippen LogP contribution in [-0.4, -0.2) is 11.4 Å². The molecule has 0 aliphatic heterocycles. The minimum absolute atomic E-state index is 0.152. The van der Waals surface area contributed by atoms with Crippen LogP contribution in [0.5, 0.6) is 0 Å². The van der Waals surface area contributed by atoms with Crippen LogP contribution in [0, 0.1) is 5.92 Å². The van der Waals surface area contributed by atoms with Crippen molar-refractivity contribution in [3.05, 3.63) is 35.8 Å². The van der Waals surface area contributed by atoms with Gasteiger partial charge in [0.15, 0.2) is 0 Å². The van der Waals surface area contributed by atoms with Gasteiger partial charge in [-0.05, 0) is 44.2 Å². The first-order valence-electron chi connectivity index (χ1n) is 6.05. The summed E-state index contributed by atoms with van der Waals surface area (Å²) in [5.41, 5.74) is 5.18. The fraction of sp³-hybridized carbons (Fsp3) is 0.500. The maximum Gasteiger partial charge on any atom is 0.249 e. The standard InChI is InChI=1S/C14H24N2OS/c1-6-8-12(9-7-2)18-16-13(17)14(5,15)10-11(3)4/h6-9,11H,1,10,15H2,2-5H3,(H,16,17)/b9-7-,12-8+. The van der Waals surface area contributed by atoms with E-state index in [0.717, 1.165) is 4.91 Å². The average Bonchev–Trinajstić information content (AvgIpc) is 2.24. The number of nitrogens with one attached hydrogen (secondary N) is 1. The Kier molecular flexibility index (Phi) is 7.71. The summed E-state index contributed by atoms with van der Waals surface area (Å²) >= 11 is 1.26. The molecular weight excluding hydrogens is 244 g/mol. The number of hydrogen-bond donors (Lipinski definition) is 2. The summed E-state index contributed by atoms with van der Waals surface area (Å²) in [6.45, 7) is 11.4. The highest BCUT2D eigenvalue weighted by Crippen LogP contribution is 2.18. The Morgan fingerprint density at radius 1 is 1.56 bits per heavy atom. The van der Waals surface area contributed by atoms with Gasteiger partial charge in [-0.1, -0.05) is 38.7 Å². The summed E-state index contributed by atoms with van der Waals surface area (Å²) in [5.74, 6) is 0.232. The molecule has 0 aromatic rings. The highest BCUT2D eigenvalue weighted by Gasteiger charge is 2.29. The van der Waals surface area contributed by atoms with Gasteiger partial charge in [-0.25, -0.2) is 0 Å². The Balaban J connectivity index is 4.48. The number of amides is 1. The quantitative estimate of drug-likeness (QED) is 0.551. The molecule has 0 radical (unpaired) electrons. The topological polar surface area (TPSA) is 55.1 Å². The molecule has 0 fully saturated rings. The molecule has 0 saturated heterocycles. The van der Waals surface area contributed by atoms with Gasteiger partial charge in [-0.15, -0.1) is 0 Å². The molecule has 0 rings (SSSR count). The molecule has 0 saturated carbocycles. The monoisotopic (exact) mass is 268 g/mol. The van der Waals surface area contributed by atoms with E-state index in [1.165, 1.54) is 11.9 Å². The van der Waals surface area contributed by atoms with Crippen LogP contribution in [0.3, 0.4) is 0 Å². The average molecular weight is 268 g/mol. The molecular formula is C14H24N2OS. The molecule has 0 aromatic heterocycles. The van der Waals surface area contributed by atoms with Gasteiger partial charge in [0.25, 0.3) is 0 Å². The van der Waals surface area contributed by atoms with Crippen molar-refractivity contribution in [1.29, 1.82) is 0 Å². The second-order valence-corrected chi connectivity index (χ2v) is 5.73. The summed E-state index contributed by atoms with van der Waals surface area (Å²) < 4.78 is 2.78. The fourth-order valence-corrected chi connectivity index (χ4v) is 2.38. The van der Waals surface area contributed by atoms with Gasteiger partial charge in [-0.3, -0.25) is 9.52 Å². The molecule has 4 heteroatoms. The molecule has 1 amide bonds. The Hall–Kier alpha value is -1.00. The highest BCUT2D eigenvalue weighted by atomic mass is 32.2. The molecule has 1 atom stereocenters. The van der Waals surface area contributed by atoms with Crippen molar-refractivity contribution < 1.29 is 4.79 Å². The second-order valence-electron chi connectivity index (χ2n) is 4.85. The van der Waals surface area contributed by atoms with E-state index in [1.807, 2.05) is 39.0 Å². The van der Waals surface area contributed by atoms with Gasteiger partial charge in [0.2, 0.25) is 5.91 Å². The first kappa shape index (κ1) is 17.0. The van der Waals surface area contributed by atoms with E-state index in [1.54, 1.807) is 13.0 Å². The maximum atomic E-state index is 12.0. The first-order chi connectivity index (χ1) is 8.33. The van der Waals surface area contributed by atoms with Gasteiger partial charge in [0.05, 0.1) is 5.54 Å². The van der Waals surface area contributed by atoms with E-state index in [-0.39, 0.29) is 5.91 Å². The van der Waals surface area contributed by atoms with E-state index in [9.17, 15) is 4.79 Å². The Morgan fingerprint density at radius 2 is 2.17 bits per heavy atom. The number of rotatable bonds is 7. The molecule has 0 aromatic carbocycles. The number of carbonyl (C=O) groups is 1. The lowest BCUT2D eigenvalue weighted by molar-refractivity contribution is -0.124. The Morgan fingerprint density at radius 3 is 2.61 bits per heavy atom. The number of allylic oxidation sites excluding steroid dienone is 4. The molecule has 3 nitrogen and oxygen atoms in total. The zero-order valence-corrected chi connectivity index (χ0v) is 12.5. The van der Waals surface area contributed by atoms with E-state index in [2.05, 4.69) is 11.3 Å². The lowest BCUT2D eigenvalue weighted by Crippen LogP contribution is -2.50. The Bertz CT molecular complexity index is 344. The van der Waals surface area contributed by atoms with Crippen molar-refractivity contribution in [3.8, 4) is 0 Å². The van der Waals surface area contributed by atoms with Crippen LogP contribution in [0.1, 0.15) is 34.1 Å². The third-order valence-electron chi connectivity index (χ3n) is 2.23. The van der Waals surface area contributed by atoms with E-state index in [0.29, 0.717) is 12.3 Å². The minimum atomic E-state index is -0.837. The van der Waals surface area contributed by atoms with Crippen molar-refractivity contribution >= 4 is 17.9 Å². The molecule has 0 heterocycles. The molecule has 0 aliphatic carbocycles. The third kappa shape index (κ3) is 6.67. The van der Waals surface area contributed by atoms with Crippen molar-refractivity contribution in [2.75, 3.05) is 0 Å². The van der Waals surface area contributed by atoms with Crippen LogP contribution in [-0.2, 0) is 4.79 Å². The largest absolute Gasteiger partial charge is 0.318 e.